The standard InChI is InChI=1S/C11H10N2O4/c1-2-17-11(14)12-7-10(13(15)16)8-5-3-4-6-9(8)12/h3-7H,2H2,1H3. The smallest absolute Gasteiger partial charge is 0.418 e. The minimum Gasteiger partial charge on any atom is -0.449 e. The Morgan fingerprint density at radius 2 is 2.18 bits per heavy atom. The minimum atomic E-state index is -0.614. The van der Waals surface area contributed by atoms with Crippen LogP contribution in [0.1, 0.15) is 6.92 Å². The molecule has 6 nitrogen and oxygen atoms in total. The number of para-hydroxylation sites is 1. The largest absolute Gasteiger partial charge is 0.449 e. The summed E-state index contributed by atoms with van der Waals surface area (Å²) in [5, 5.41) is 11.3. The number of nitro groups is 1. The maximum atomic E-state index is 11.6. The Morgan fingerprint density at radius 3 is 2.82 bits per heavy atom. The summed E-state index contributed by atoms with van der Waals surface area (Å²) in [7, 11) is 0. The van der Waals surface area contributed by atoms with Crippen LogP contribution in [-0.4, -0.2) is 22.2 Å². The van der Waals surface area contributed by atoms with Crippen molar-refractivity contribution in [1.82, 2.24) is 4.57 Å². The number of fused-ring (bicyclic) bond motifs is 1. The zero-order valence-corrected chi connectivity index (χ0v) is 9.12. The molecule has 0 N–H and O–H groups in total. The van der Waals surface area contributed by atoms with Crippen molar-refractivity contribution >= 4 is 22.7 Å². The van der Waals surface area contributed by atoms with E-state index in [1.807, 2.05) is 0 Å². The van der Waals surface area contributed by atoms with Crippen molar-refractivity contribution in [2.24, 2.45) is 0 Å². The monoisotopic (exact) mass is 234 g/mol. The topological polar surface area (TPSA) is 74.4 Å². The molecular weight excluding hydrogens is 224 g/mol. The molecule has 0 radical (unpaired) electrons. The number of benzene rings is 1. The van der Waals surface area contributed by atoms with E-state index in [1.54, 1.807) is 31.2 Å². The van der Waals surface area contributed by atoms with Crippen molar-refractivity contribution in [2.75, 3.05) is 6.61 Å². The first-order valence-corrected chi connectivity index (χ1v) is 5.06. The molecular formula is C11H10N2O4. The molecule has 0 spiro atoms. The molecule has 6 heteroatoms. The SMILES string of the molecule is CCOC(=O)n1cc([N+](=O)[O-])c2ccccc21. The molecule has 0 bridgehead atoms. The summed E-state index contributed by atoms with van der Waals surface area (Å²) in [6.45, 7) is 1.90. The van der Waals surface area contributed by atoms with Gasteiger partial charge in [-0.1, -0.05) is 12.1 Å². The molecule has 2 rings (SSSR count). The number of aromatic nitrogens is 1. The lowest BCUT2D eigenvalue weighted by atomic mass is 10.2. The van der Waals surface area contributed by atoms with Crippen LogP contribution in [0.25, 0.3) is 10.9 Å². The summed E-state index contributed by atoms with van der Waals surface area (Å²) in [4.78, 5) is 21.9. The van der Waals surface area contributed by atoms with E-state index in [0.717, 1.165) is 4.57 Å². The van der Waals surface area contributed by atoms with E-state index in [0.29, 0.717) is 10.9 Å². The van der Waals surface area contributed by atoms with Crippen molar-refractivity contribution in [3.8, 4) is 0 Å². The van der Waals surface area contributed by atoms with E-state index in [2.05, 4.69) is 0 Å². The summed E-state index contributed by atoms with van der Waals surface area (Å²) in [6, 6.07) is 6.63. The van der Waals surface area contributed by atoms with Gasteiger partial charge in [0.1, 0.15) is 0 Å². The van der Waals surface area contributed by atoms with E-state index < -0.39 is 11.0 Å². The highest BCUT2D eigenvalue weighted by atomic mass is 16.6. The molecule has 0 atom stereocenters. The van der Waals surface area contributed by atoms with Crippen LogP contribution in [0.2, 0.25) is 0 Å². The molecule has 1 aromatic carbocycles. The molecule has 88 valence electrons. The fourth-order valence-electron chi connectivity index (χ4n) is 1.65. The Labute approximate surface area is 96.6 Å². The predicted molar refractivity (Wildman–Crippen MR) is 61.0 cm³/mol. The van der Waals surface area contributed by atoms with Gasteiger partial charge in [-0.15, -0.1) is 0 Å². The van der Waals surface area contributed by atoms with Gasteiger partial charge in [-0.3, -0.25) is 10.1 Å². The lowest BCUT2D eigenvalue weighted by Crippen LogP contribution is -2.12. The second-order valence-corrected chi connectivity index (χ2v) is 3.36. The van der Waals surface area contributed by atoms with Gasteiger partial charge >= 0.3 is 6.09 Å². The number of hydrogen-bond donors (Lipinski definition) is 0. The molecule has 0 fully saturated rings. The van der Waals surface area contributed by atoms with Gasteiger partial charge in [0.05, 0.1) is 28.6 Å². The first-order valence-electron chi connectivity index (χ1n) is 5.06. The zero-order valence-electron chi connectivity index (χ0n) is 9.12. The Morgan fingerprint density at radius 1 is 1.47 bits per heavy atom. The minimum absolute atomic E-state index is 0.103. The number of ether oxygens (including phenoxy) is 1. The Kier molecular flexibility index (Phi) is 2.78. The van der Waals surface area contributed by atoms with E-state index in [4.69, 9.17) is 4.74 Å². The summed E-state index contributed by atoms with van der Waals surface area (Å²) in [5.41, 5.74) is 0.367. The number of nitrogens with zero attached hydrogens (tertiary/aromatic N) is 2. The third-order valence-electron chi connectivity index (χ3n) is 2.35. The second kappa shape index (κ2) is 4.25. The average molecular weight is 234 g/mol. The Hall–Kier alpha value is -2.37. The maximum absolute atomic E-state index is 11.6. The average Bonchev–Trinajstić information content (AvgIpc) is 2.69. The molecule has 0 saturated carbocycles. The van der Waals surface area contributed by atoms with Crippen molar-refractivity contribution in [3.63, 3.8) is 0 Å². The Bertz CT molecular complexity index is 588. The molecule has 2 aromatic rings. The summed E-state index contributed by atoms with van der Waals surface area (Å²) in [5.74, 6) is 0. The van der Waals surface area contributed by atoms with Crippen molar-refractivity contribution < 1.29 is 14.5 Å². The molecule has 0 saturated heterocycles. The molecule has 17 heavy (non-hydrogen) atoms. The fourth-order valence-corrected chi connectivity index (χ4v) is 1.65. The molecule has 0 amide bonds. The van der Waals surface area contributed by atoms with Crippen LogP contribution >= 0.6 is 0 Å². The molecule has 0 aliphatic rings. The van der Waals surface area contributed by atoms with Crippen LogP contribution in [0.3, 0.4) is 0 Å². The lowest BCUT2D eigenvalue weighted by Gasteiger charge is -2.02. The van der Waals surface area contributed by atoms with Crippen molar-refractivity contribution in [2.45, 2.75) is 6.92 Å². The van der Waals surface area contributed by atoms with Crippen molar-refractivity contribution in [3.05, 3.63) is 40.6 Å². The van der Waals surface area contributed by atoms with Gasteiger partial charge in [0.2, 0.25) is 0 Å². The highest BCUT2D eigenvalue weighted by Gasteiger charge is 2.20. The zero-order chi connectivity index (χ0) is 12.4. The second-order valence-electron chi connectivity index (χ2n) is 3.36. The third-order valence-corrected chi connectivity index (χ3v) is 2.35. The highest BCUT2D eigenvalue weighted by molar-refractivity contribution is 5.95. The number of carbonyl (C=O) groups excluding carboxylic acids is 1. The van der Waals surface area contributed by atoms with Crippen LogP contribution in [0, 0.1) is 10.1 Å². The van der Waals surface area contributed by atoms with Crippen LogP contribution in [0.5, 0.6) is 0 Å². The van der Waals surface area contributed by atoms with Crippen molar-refractivity contribution in [1.29, 1.82) is 0 Å². The first kappa shape index (κ1) is 11.1. The van der Waals surface area contributed by atoms with Gasteiger partial charge in [0.15, 0.2) is 0 Å². The van der Waals surface area contributed by atoms with Gasteiger partial charge in [0.25, 0.3) is 5.69 Å². The van der Waals surface area contributed by atoms with Crippen LogP contribution < -0.4 is 0 Å². The summed E-state index contributed by atoms with van der Waals surface area (Å²) < 4.78 is 5.98. The fraction of sp³-hybridized carbons (Fsp3) is 0.182. The summed E-state index contributed by atoms with van der Waals surface area (Å²) in [6.07, 6.45) is 0.569. The van der Waals surface area contributed by atoms with Crippen LogP contribution in [0.15, 0.2) is 30.5 Å². The quantitative estimate of drug-likeness (QED) is 0.591. The van der Waals surface area contributed by atoms with Gasteiger partial charge in [-0.2, -0.15) is 0 Å². The normalized spacial score (nSPS) is 10.4. The maximum Gasteiger partial charge on any atom is 0.418 e. The molecule has 1 aromatic heterocycles. The highest BCUT2D eigenvalue weighted by Crippen LogP contribution is 2.27. The number of rotatable bonds is 2. The van der Waals surface area contributed by atoms with Gasteiger partial charge in [-0.25, -0.2) is 9.36 Å². The Balaban J connectivity index is 2.64. The van der Waals surface area contributed by atoms with E-state index in [9.17, 15) is 14.9 Å². The predicted octanol–water partition coefficient (Wildman–Crippen LogP) is 2.55. The van der Waals surface area contributed by atoms with E-state index in [-0.39, 0.29) is 12.3 Å². The van der Waals surface area contributed by atoms with Crippen LogP contribution in [-0.2, 0) is 4.74 Å². The van der Waals surface area contributed by atoms with Crippen LogP contribution in [0.4, 0.5) is 10.5 Å². The number of hydrogen-bond acceptors (Lipinski definition) is 4. The third kappa shape index (κ3) is 1.84. The lowest BCUT2D eigenvalue weighted by molar-refractivity contribution is -0.383. The molecule has 0 aliphatic heterocycles. The molecule has 0 aliphatic carbocycles. The molecule has 0 unspecified atom stereocenters. The van der Waals surface area contributed by atoms with Gasteiger partial charge < -0.3 is 4.74 Å². The van der Waals surface area contributed by atoms with E-state index >= 15 is 0 Å². The first-order chi connectivity index (χ1) is 8.15. The van der Waals surface area contributed by atoms with Gasteiger partial charge in [0, 0.05) is 0 Å². The number of carbonyl (C=O) groups is 1. The van der Waals surface area contributed by atoms with Gasteiger partial charge in [-0.05, 0) is 19.1 Å². The van der Waals surface area contributed by atoms with E-state index in [1.165, 1.54) is 6.20 Å². The molecule has 1 heterocycles. The summed E-state index contributed by atoms with van der Waals surface area (Å²) >= 11 is 0.